The molecule has 0 N–H and O–H groups in total. The van der Waals surface area contributed by atoms with Crippen LogP contribution < -0.4 is 9.80 Å². The van der Waals surface area contributed by atoms with Crippen molar-refractivity contribution in [1.29, 1.82) is 0 Å². The molecule has 2 heterocycles. The average molecular weight is 805 g/mol. The largest absolute Gasteiger partial charge is 0.456 e. The summed E-state index contributed by atoms with van der Waals surface area (Å²) in [7, 11) is 0. The van der Waals surface area contributed by atoms with Gasteiger partial charge in [0.15, 0.2) is 0 Å². The maximum absolute atomic E-state index is 6.72. The molecule has 0 saturated heterocycles. The number of anilines is 6. The van der Waals surface area contributed by atoms with Gasteiger partial charge < -0.3 is 18.6 Å². The molecule has 11 rings (SSSR count). The maximum Gasteiger partial charge on any atom is 0.136 e. The fraction of sp³-hybridized carbons (Fsp3) is 0.138. The SMILES string of the molecule is Cc1cccc(N(c2ccc3cc4c(cc3c2)oc2ccc3oc5cc6cc(N(c7cccc(C)c7C)c7cccc(C)c7C)ccc6cc5c3c24)c2cccc(C)c2C)c1C. The highest BCUT2D eigenvalue weighted by Gasteiger charge is 2.22. The molecule has 0 amide bonds. The van der Waals surface area contributed by atoms with Crippen LogP contribution >= 0.6 is 0 Å². The minimum atomic E-state index is 0.853. The predicted molar refractivity (Wildman–Crippen MR) is 263 cm³/mol. The third-order valence-electron chi connectivity index (χ3n) is 13.7. The van der Waals surface area contributed by atoms with Crippen molar-refractivity contribution in [1.82, 2.24) is 0 Å². The molecule has 0 saturated carbocycles. The van der Waals surface area contributed by atoms with E-state index in [0.717, 1.165) is 76.8 Å². The molecule has 11 aromatic rings. The quantitative estimate of drug-likeness (QED) is 0.168. The van der Waals surface area contributed by atoms with Gasteiger partial charge in [-0.1, -0.05) is 60.7 Å². The van der Waals surface area contributed by atoms with Crippen molar-refractivity contribution < 1.29 is 8.83 Å². The Kier molecular flexibility index (Phi) is 8.59. The molecule has 0 radical (unpaired) electrons. The van der Waals surface area contributed by atoms with Crippen molar-refractivity contribution in [2.75, 3.05) is 9.80 Å². The Morgan fingerprint density at radius 1 is 0.306 bits per heavy atom. The number of hydrogen-bond acceptors (Lipinski definition) is 4. The van der Waals surface area contributed by atoms with Gasteiger partial charge in [0.1, 0.15) is 22.3 Å². The van der Waals surface area contributed by atoms with Gasteiger partial charge in [-0.2, -0.15) is 0 Å². The molecule has 4 nitrogen and oxygen atoms in total. The number of benzene rings is 9. The van der Waals surface area contributed by atoms with Crippen LogP contribution in [-0.2, 0) is 0 Å². The Morgan fingerprint density at radius 3 is 0.984 bits per heavy atom. The smallest absolute Gasteiger partial charge is 0.136 e. The van der Waals surface area contributed by atoms with E-state index in [1.807, 2.05) is 0 Å². The second-order valence-electron chi connectivity index (χ2n) is 17.3. The van der Waals surface area contributed by atoms with Crippen LogP contribution in [0.25, 0.3) is 65.4 Å². The number of furan rings is 2. The van der Waals surface area contributed by atoms with Gasteiger partial charge in [-0.15, -0.1) is 0 Å². The lowest BCUT2D eigenvalue weighted by atomic mass is 9.99. The van der Waals surface area contributed by atoms with Gasteiger partial charge in [-0.05, 0) is 206 Å². The van der Waals surface area contributed by atoms with E-state index >= 15 is 0 Å². The Morgan fingerprint density at radius 2 is 0.645 bits per heavy atom. The van der Waals surface area contributed by atoms with E-state index in [-0.39, 0.29) is 0 Å². The molecule has 0 aliphatic carbocycles. The highest BCUT2D eigenvalue weighted by atomic mass is 16.3. The van der Waals surface area contributed by atoms with Crippen molar-refractivity contribution in [3.8, 4) is 0 Å². The minimum Gasteiger partial charge on any atom is -0.456 e. The fourth-order valence-electron chi connectivity index (χ4n) is 9.60. The number of rotatable bonds is 6. The van der Waals surface area contributed by atoms with Crippen LogP contribution in [0.1, 0.15) is 44.5 Å². The lowest BCUT2D eigenvalue weighted by Gasteiger charge is -2.30. The van der Waals surface area contributed by atoms with E-state index in [0.29, 0.717) is 0 Å². The van der Waals surface area contributed by atoms with E-state index in [4.69, 9.17) is 8.83 Å². The van der Waals surface area contributed by atoms with Gasteiger partial charge in [-0.25, -0.2) is 0 Å². The summed E-state index contributed by atoms with van der Waals surface area (Å²) >= 11 is 0. The van der Waals surface area contributed by atoms with Crippen molar-refractivity contribution in [2.24, 2.45) is 0 Å². The molecule has 0 unspecified atom stereocenters. The Balaban J connectivity index is 1.06. The normalized spacial score (nSPS) is 11.9. The molecule has 0 atom stereocenters. The molecule has 62 heavy (non-hydrogen) atoms. The zero-order valence-electron chi connectivity index (χ0n) is 36.6. The zero-order valence-corrected chi connectivity index (χ0v) is 36.6. The summed E-state index contributed by atoms with van der Waals surface area (Å²) in [4.78, 5) is 4.82. The van der Waals surface area contributed by atoms with Crippen molar-refractivity contribution >= 4 is 99.5 Å². The topological polar surface area (TPSA) is 32.8 Å². The first-order valence-electron chi connectivity index (χ1n) is 21.6. The molecule has 0 bridgehead atoms. The van der Waals surface area contributed by atoms with Crippen LogP contribution in [0.4, 0.5) is 34.1 Å². The zero-order chi connectivity index (χ0) is 42.6. The maximum atomic E-state index is 6.72. The molecule has 0 aliphatic rings. The molecule has 0 aliphatic heterocycles. The molecule has 9 aromatic carbocycles. The van der Waals surface area contributed by atoms with Gasteiger partial charge in [0.05, 0.1) is 0 Å². The van der Waals surface area contributed by atoms with Gasteiger partial charge >= 0.3 is 0 Å². The lowest BCUT2D eigenvalue weighted by Crippen LogP contribution is -2.13. The first-order valence-corrected chi connectivity index (χ1v) is 21.6. The average Bonchev–Trinajstić information content (AvgIpc) is 3.81. The molecular formula is C58H48N2O2. The van der Waals surface area contributed by atoms with Crippen LogP contribution in [0.3, 0.4) is 0 Å². The summed E-state index contributed by atoms with van der Waals surface area (Å²) in [5, 5.41) is 8.91. The standard InChI is InChI=1S/C58H48N2O2/c1-33-13-9-17-49(37(33)5)59(50-18-10-14-34(2)38(50)6)45-23-21-41-29-47-55(31-43(41)27-45)61-53-25-26-54-58(57(47)53)48-30-42-22-24-46(28-44(42)32-56(48)62-54)60(51-19-11-15-35(3)39(51)7)52-20-12-16-36(4)40(52)8/h9-32H,1-8H3. The first kappa shape index (κ1) is 37.7. The minimum absolute atomic E-state index is 0.853. The van der Waals surface area contributed by atoms with Gasteiger partial charge in [0, 0.05) is 55.7 Å². The number of fused-ring (bicyclic) bond motifs is 9. The van der Waals surface area contributed by atoms with Crippen LogP contribution in [0.5, 0.6) is 0 Å². The van der Waals surface area contributed by atoms with E-state index in [1.54, 1.807) is 0 Å². The molecule has 0 fully saturated rings. The van der Waals surface area contributed by atoms with Crippen molar-refractivity contribution in [3.63, 3.8) is 0 Å². The van der Waals surface area contributed by atoms with E-state index in [2.05, 4.69) is 211 Å². The second kappa shape index (κ2) is 14.1. The highest BCUT2D eigenvalue weighted by molar-refractivity contribution is 6.28. The number of hydrogen-bond donors (Lipinski definition) is 0. The summed E-state index contributed by atoms with van der Waals surface area (Å²) in [5.41, 5.74) is 20.5. The molecule has 2 aromatic heterocycles. The van der Waals surface area contributed by atoms with Crippen molar-refractivity contribution in [2.45, 2.75) is 55.4 Å². The van der Waals surface area contributed by atoms with Crippen LogP contribution in [0.15, 0.2) is 154 Å². The van der Waals surface area contributed by atoms with Crippen molar-refractivity contribution in [3.05, 3.63) is 190 Å². The van der Waals surface area contributed by atoms with E-state index < -0.39 is 0 Å². The van der Waals surface area contributed by atoms with Gasteiger partial charge in [-0.3, -0.25) is 0 Å². The van der Waals surface area contributed by atoms with E-state index in [9.17, 15) is 0 Å². The summed E-state index contributed by atoms with van der Waals surface area (Å²) < 4.78 is 13.4. The van der Waals surface area contributed by atoms with Gasteiger partial charge in [0.25, 0.3) is 0 Å². The summed E-state index contributed by atoms with van der Waals surface area (Å²) in [6.45, 7) is 17.6. The van der Waals surface area contributed by atoms with Crippen LogP contribution in [0, 0.1) is 55.4 Å². The summed E-state index contributed by atoms with van der Waals surface area (Å²) in [5.74, 6) is 0. The summed E-state index contributed by atoms with van der Waals surface area (Å²) in [6, 6.07) is 53.0. The Labute approximate surface area is 362 Å². The fourth-order valence-corrected chi connectivity index (χ4v) is 9.60. The molecule has 302 valence electrons. The summed E-state index contributed by atoms with van der Waals surface area (Å²) in [6.07, 6.45) is 0. The van der Waals surface area contributed by atoms with Crippen LogP contribution in [0.2, 0.25) is 0 Å². The predicted octanol–water partition coefficient (Wildman–Crippen LogP) is 17.2. The third kappa shape index (κ3) is 5.81. The van der Waals surface area contributed by atoms with Crippen LogP contribution in [-0.4, -0.2) is 0 Å². The Bertz CT molecular complexity index is 3300. The molecule has 0 spiro atoms. The number of aryl methyl sites for hydroxylation is 4. The van der Waals surface area contributed by atoms with Gasteiger partial charge in [0.2, 0.25) is 0 Å². The molecular weight excluding hydrogens is 757 g/mol. The molecule has 4 heteroatoms. The van der Waals surface area contributed by atoms with E-state index in [1.165, 1.54) is 67.3 Å². The lowest BCUT2D eigenvalue weighted by molar-refractivity contribution is 0.663. The monoisotopic (exact) mass is 804 g/mol. The highest BCUT2D eigenvalue weighted by Crippen LogP contribution is 2.46. The first-order chi connectivity index (χ1) is 30.0. The Hall–Kier alpha value is -7.30. The second-order valence-corrected chi connectivity index (χ2v) is 17.3. The third-order valence-corrected chi connectivity index (χ3v) is 13.7. The number of nitrogens with zero attached hydrogens (tertiary/aromatic N) is 2.